The largest absolute Gasteiger partial charge is 0.493 e. The number of benzene rings is 1. The molecule has 0 aliphatic carbocycles. The van der Waals surface area contributed by atoms with E-state index in [0.29, 0.717) is 36.0 Å². The van der Waals surface area contributed by atoms with Gasteiger partial charge in [-0.05, 0) is 50.5 Å². The van der Waals surface area contributed by atoms with Crippen LogP contribution in [0, 0.1) is 6.92 Å². The molecule has 4 aromatic rings. The predicted octanol–water partition coefficient (Wildman–Crippen LogP) is 4.60. The van der Waals surface area contributed by atoms with E-state index in [0.717, 1.165) is 46.3 Å². The van der Waals surface area contributed by atoms with Crippen LogP contribution >= 0.6 is 0 Å². The van der Waals surface area contributed by atoms with E-state index >= 15 is 0 Å². The van der Waals surface area contributed by atoms with Gasteiger partial charge in [0.25, 0.3) is 0 Å². The highest BCUT2D eigenvalue weighted by atomic mass is 16.5. The second kappa shape index (κ2) is 8.19. The molecule has 1 aromatic carbocycles. The van der Waals surface area contributed by atoms with Gasteiger partial charge in [-0.3, -0.25) is 0 Å². The lowest BCUT2D eigenvalue weighted by Crippen LogP contribution is -2.32. The van der Waals surface area contributed by atoms with Crippen molar-refractivity contribution >= 4 is 28.0 Å². The number of rotatable bonds is 6. The van der Waals surface area contributed by atoms with Gasteiger partial charge in [0.1, 0.15) is 11.8 Å². The molecule has 4 heterocycles. The molecule has 0 atom stereocenters. The lowest BCUT2D eigenvalue weighted by atomic mass is 9.89. The fraction of sp³-hybridized carbons (Fsp3) is 0.400. The maximum Gasteiger partial charge on any atom is 0.229 e. The van der Waals surface area contributed by atoms with E-state index in [1.54, 1.807) is 20.5 Å². The molecule has 0 unspecified atom stereocenters. The predicted molar refractivity (Wildman–Crippen MR) is 126 cm³/mol. The quantitative estimate of drug-likeness (QED) is 0.458. The van der Waals surface area contributed by atoms with E-state index in [4.69, 9.17) is 23.6 Å². The molecule has 8 nitrogen and oxygen atoms in total. The van der Waals surface area contributed by atoms with Crippen LogP contribution in [0.25, 0.3) is 22.2 Å². The van der Waals surface area contributed by atoms with Crippen LogP contribution in [-0.2, 0) is 24.2 Å². The summed E-state index contributed by atoms with van der Waals surface area (Å²) in [6.07, 6.45) is 3.14. The molecule has 1 aliphatic heterocycles. The highest BCUT2D eigenvalue weighted by Crippen LogP contribution is 2.39. The standard InChI is InChI=1S/C25H28N4O4/c1-14-17-12-32-25(2,3)11-16(17)20-21-22(33-24(20)29-14)23(28-13-27-21)26-9-8-15-6-7-18(30-4)19(10-15)31-5/h6-7,10,13H,8-9,11-12H2,1-5H3,(H,26,27,28). The number of fused-ring (bicyclic) bond motifs is 5. The summed E-state index contributed by atoms with van der Waals surface area (Å²) >= 11 is 0. The van der Waals surface area contributed by atoms with Crippen molar-refractivity contribution < 1.29 is 18.6 Å². The van der Waals surface area contributed by atoms with Crippen LogP contribution in [0.3, 0.4) is 0 Å². The van der Waals surface area contributed by atoms with Gasteiger partial charge in [-0.15, -0.1) is 0 Å². The summed E-state index contributed by atoms with van der Waals surface area (Å²) < 4.78 is 22.9. The molecule has 0 bridgehead atoms. The lowest BCUT2D eigenvalue weighted by molar-refractivity contribution is -0.0400. The maximum absolute atomic E-state index is 6.19. The summed E-state index contributed by atoms with van der Waals surface area (Å²) in [5, 5.41) is 4.37. The topological polar surface area (TPSA) is 91.5 Å². The van der Waals surface area contributed by atoms with Crippen molar-refractivity contribution in [3.63, 3.8) is 0 Å². The fourth-order valence-electron chi connectivity index (χ4n) is 4.46. The molecule has 0 radical (unpaired) electrons. The Balaban J connectivity index is 1.46. The Morgan fingerprint density at radius 3 is 2.70 bits per heavy atom. The van der Waals surface area contributed by atoms with Crippen molar-refractivity contribution in [2.75, 3.05) is 26.1 Å². The van der Waals surface area contributed by atoms with Crippen molar-refractivity contribution in [1.82, 2.24) is 15.0 Å². The molecule has 172 valence electrons. The molecule has 0 fully saturated rings. The van der Waals surface area contributed by atoms with Gasteiger partial charge in [0, 0.05) is 24.2 Å². The number of nitrogens with one attached hydrogen (secondary N) is 1. The first-order valence-electron chi connectivity index (χ1n) is 11.0. The molecular weight excluding hydrogens is 420 g/mol. The molecule has 0 spiro atoms. The van der Waals surface area contributed by atoms with Crippen LogP contribution in [0.15, 0.2) is 28.9 Å². The van der Waals surface area contributed by atoms with Crippen molar-refractivity contribution in [2.45, 2.75) is 45.8 Å². The van der Waals surface area contributed by atoms with E-state index in [-0.39, 0.29) is 5.60 Å². The molecule has 0 saturated heterocycles. The monoisotopic (exact) mass is 448 g/mol. The van der Waals surface area contributed by atoms with Gasteiger partial charge < -0.3 is 23.9 Å². The number of nitrogens with zero attached hydrogens (tertiary/aromatic N) is 3. The first-order chi connectivity index (χ1) is 15.9. The Morgan fingerprint density at radius 2 is 1.91 bits per heavy atom. The zero-order valence-corrected chi connectivity index (χ0v) is 19.6. The molecule has 8 heteroatoms. The van der Waals surface area contributed by atoms with Crippen molar-refractivity contribution in [2.24, 2.45) is 0 Å². The number of aromatic nitrogens is 3. The SMILES string of the molecule is COc1ccc(CCNc2ncnc3c2oc2nc(C)c4c(c23)CC(C)(C)OC4)cc1OC. The Labute approximate surface area is 192 Å². The van der Waals surface area contributed by atoms with Gasteiger partial charge in [-0.25, -0.2) is 15.0 Å². The summed E-state index contributed by atoms with van der Waals surface area (Å²) in [5.74, 6) is 2.10. The van der Waals surface area contributed by atoms with Gasteiger partial charge in [0.15, 0.2) is 22.9 Å². The normalized spacial score (nSPS) is 14.9. The Kier molecular flexibility index (Phi) is 5.32. The van der Waals surface area contributed by atoms with Gasteiger partial charge in [-0.2, -0.15) is 0 Å². The van der Waals surface area contributed by atoms with Crippen LogP contribution < -0.4 is 14.8 Å². The summed E-state index contributed by atoms with van der Waals surface area (Å²) in [7, 11) is 3.27. The molecule has 33 heavy (non-hydrogen) atoms. The zero-order valence-electron chi connectivity index (χ0n) is 19.6. The van der Waals surface area contributed by atoms with E-state index in [2.05, 4.69) is 29.1 Å². The molecule has 1 N–H and O–H groups in total. The third-order valence-corrected chi connectivity index (χ3v) is 6.19. The first kappa shape index (κ1) is 21.5. The number of pyridine rings is 1. The van der Waals surface area contributed by atoms with E-state index in [1.165, 1.54) is 5.56 Å². The van der Waals surface area contributed by atoms with Gasteiger partial charge in [0.2, 0.25) is 5.71 Å². The summed E-state index contributed by atoms with van der Waals surface area (Å²) in [4.78, 5) is 13.7. The molecule has 3 aromatic heterocycles. The fourth-order valence-corrected chi connectivity index (χ4v) is 4.46. The number of aryl methyl sites for hydroxylation is 1. The van der Waals surface area contributed by atoms with Crippen LogP contribution in [0.1, 0.15) is 36.2 Å². The number of hydrogen-bond acceptors (Lipinski definition) is 8. The Morgan fingerprint density at radius 1 is 1.09 bits per heavy atom. The number of furan rings is 1. The number of hydrogen-bond donors (Lipinski definition) is 1. The lowest BCUT2D eigenvalue weighted by Gasteiger charge is -2.32. The number of methoxy groups -OCH3 is 2. The molecule has 5 rings (SSSR count). The van der Waals surface area contributed by atoms with E-state index < -0.39 is 0 Å². The van der Waals surface area contributed by atoms with Crippen molar-refractivity contribution in [3.05, 3.63) is 46.9 Å². The van der Waals surface area contributed by atoms with Crippen LogP contribution in [0.2, 0.25) is 0 Å². The Bertz CT molecular complexity index is 1350. The smallest absolute Gasteiger partial charge is 0.229 e. The van der Waals surface area contributed by atoms with Crippen molar-refractivity contribution in [3.8, 4) is 11.5 Å². The zero-order chi connectivity index (χ0) is 23.2. The molecular formula is C25H28N4O4. The highest BCUT2D eigenvalue weighted by molar-refractivity contribution is 6.06. The second-order valence-corrected chi connectivity index (χ2v) is 8.93. The van der Waals surface area contributed by atoms with E-state index in [1.807, 2.05) is 25.1 Å². The molecule has 0 amide bonds. The first-order valence-corrected chi connectivity index (χ1v) is 11.0. The second-order valence-electron chi connectivity index (χ2n) is 8.93. The van der Waals surface area contributed by atoms with Crippen LogP contribution in [0.5, 0.6) is 11.5 Å². The highest BCUT2D eigenvalue weighted by Gasteiger charge is 2.31. The molecule has 0 saturated carbocycles. The number of anilines is 1. The van der Waals surface area contributed by atoms with Gasteiger partial charge in [0.05, 0.1) is 31.8 Å². The minimum atomic E-state index is -0.245. The summed E-state index contributed by atoms with van der Waals surface area (Å²) in [5.41, 5.74) is 6.17. The number of ether oxygens (including phenoxy) is 3. The summed E-state index contributed by atoms with van der Waals surface area (Å²) in [6, 6.07) is 5.93. The minimum absolute atomic E-state index is 0.245. The minimum Gasteiger partial charge on any atom is -0.493 e. The maximum atomic E-state index is 6.19. The van der Waals surface area contributed by atoms with Crippen LogP contribution in [0.4, 0.5) is 5.82 Å². The molecule has 1 aliphatic rings. The van der Waals surface area contributed by atoms with Crippen molar-refractivity contribution in [1.29, 1.82) is 0 Å². The average Bonchev–Trinajstić information content (AvgIpc) is 3.17. The van der Waals surface area contributed by atoms with Gasteiger partial charge >= 0.3 is 0 Å². The Hall–Kier alpha value is -3.39. The average molecular weight is 449 g/mol. The van der Waals surface area contributed by atoms with Gasteiger partial charge in [-0.1, -0.05) is 6.07 Å². The van der Waals surface area contributed by atoms with Crippen LogP contribution in [-0.4, -0.2) is 41.3 Å². The third-order valence-electron chi connectivity index (χ3n) is 6.19. The third kappa shape index (κ3) is 3.84. The van der Waals surface area contributed by atoms with E-state index in [9.17, 15) is 0 Å². The summed E-state index contributed by atoms with van der Waals surface area (Å²) in [6.45, 7) is 7.43.